The molecular weight excluding hydrogens is 406 g/mol. The van der Waals surface area contributed by atoms with Crippen LogP contribution in [0.1, 0.15) is 11.1 Å². The molecule has 1 heterocycles. The zero-order chi connectivity index (χ0) is 21.6. The van der Waals surface area contributed by atoms with Gasteiger partial charge in [0.2, 0.25) is 9.84 Å². The van der Waals surface area contributed by atoms with Crippen molar-refractivity contribution in [2.45, 2.75) is 16.3 Å². The maximum Gasteiger partial charge on any atom is 0.206 e. The number of nitrogens with two attached hydrogens (primary N) is 1. The lowest BCUT2D eigenvalue weighted by atomic mass is 10.0. The first-order chi connectivity index (χ1) is 14.9. The molecule has 0 unspecified atom stereocenters. The molecule has 0 radical (unpaired) electrons. The third-order valence-corrected chi connectivity index (χ3v) is 7.42. The second-order valence-corrected chi connectivity index (χ2v) is 9.60. The van der Waals surface area contributed by atoms with Crippen molar-refractivity contribution in [3.63, 3.8) is 0 Å². The molecule has 1 aliphatic rings. The molecule has 4 aromatic rings. The lowest BCUT2D eigenvalue weighted by Gasteiger charge is -2.22. The van der Waals surface area contributed by atoms with Crippen LogP contribution in [0, 0.1) is 0 Å². The van der Waals surface area contributed by atoms with Gasteiger partial charge in [0.05, 0.1) is 15.5 Å². The summed E-state index contributed by atoms with van der Waals surface area (Å²) in [5.41, 5.74) is 10.0. The molecule has 5 rings (SSSR count). The number of hydrogen-bond acceptors (Lipinski definition) is 5. The van der Waals surface area contributed by atoms with E-state index < -0.39 is 9.84 Å². The Morgan fingerprint density at radius 3 is 2.29 bits per heavy atom. The molecule has 0 saturated heterocycles. The Morgan fingerprint density at radius 2 is 1.55 bits per heavy atom. The molecule has 0 bridgehead atoms. The Hall–Kier alpha value is -3.64. The van der Waals surface area contributed by atoms with E-state index >= 15 is 0 Å². The van der Waals surface area contributed by atoms with Gasteiger partial charge in [-0.15, -0.1) is 0 Å². The van der Waals surface area contributed by atoms with Gasteiger partial charge < -0.3 is 10.6 Å². The number of benzene rings is 4. The molecule has 0 fully saturated rings. The largest absolute Gasteiger partial charge is 0.383 e. The molecule has 0 aromatic heterocycles. The lowest BCUT2D eigenvalue weighted by Crippen LogP contribution is -2.17. The summed E-state index contributed by atoms with van der Waals surface area (Å²) in [5.74, 6) is 0.551. The Balaban J connectivity index is 1.43. The van der Waals surface area contributed by atoms with Gasteiger partial charge in [-0.1, -0.05) is 48.5 Å². The normalized spacial score (nSPS) is 12.7. The van der Waals surface area contributed by atoms with Gasteiger partial charge in [-0.05, 0) is 42.0 Å². The van der Waals surface area contributed by atoms with Crippen molar-refractivity contribution in [1.82, 2.24) is 0 Å². The van der Waals surface area contributed by atoms with Gasteiger partial charge in [-0.2, -0.15) is 0 Å². The van der Waals surface area contributed by atoms with Crippen molar-refractivity contribution in [1.29, 1.82) is 0 Å². The summed E-state index contributed by atoms with van der Waals surface area (Å²) in [6.07, 6.45) is 0. The van der Waals surface area contributed by atoms with E-state index in [1.807, 2.05) is 37.4 Å². The number of nitrogens with zero attached hydrogens (tertiary/aromatic N) is 2. The summed E-state index contributed by atoms with van der Waals surface area (Å²) in [7, 11) is -1.49. The van der Waals surface area contributed by atoms with Crippen molar-refractivity contribution in [3.8, 4) is 0 Å². The van der Waals surface area contributed by atoms with E-state index in [0.717, 1.165) is 33.3 Å². The molecule has 0 atom stereocenters. The third-order valence-electron chi connectivity index (χ3n) is 5.63. The van der Waals surface area contributed by atoms with E-state index in [4.69, 9.17) is 5.73 Å². The van der Waals surface area contributed by atoms with Crippen molar-refractivity contribution in [3.05, 3.63) is 96.1 Å². The zero-order valence-corrected chi connectivity index (χ0v) is 17.8. The smallest absolute Gasteiger partial charge is 0.206 e. The second-order valence-electron chi connectivity index (χ2n) is 7.65. The third kappa shape index (κ3) is 3.25. The molecule has 2 N–H and O–H groups in total. The predicted octanol–water partition coefficient (Wildman–Crippen LogP) is 4.66. The number of aliphatic imine (C=N–C) groups is 1. The number of amidine groups is 1. The SMILES string of the molecule is CN(Cc1ccc(S(=O)(=O)c2ccccc2)cc1)c1ccc2c3c(cccc13)C(N)=N2. The zero-order valence-electron chi connectivity index (χ0n) is 17.0. The highest BCUT2D eigenvalue weighted by atomic mass is 32.2. The predicted molar refractivity (Wildman–Crippen MR) is 125 cm³/mol. The fourth-order valence-corrected chi connectivity index (χ4v) is 5.35. The highest BCUT2D eigenvalue weighted by Crippen LogP contribution is 2.39. The second kappa shape index (κ2) is 7.25. The molecule has 4 aromatic carbocycles. The molecule has 6 heteroatoms. The number of rotatable bonds is 5. The van der Waals surface area contributed by atoms with Crippen LogP contribution in [0.2, 0.25) is 0 Å². The minimum atomic E-state index is -3.51. The van der Waals surface area contributed by atoms with Gasteiger partial charge in [0.1, 0.15) is 5.84 Å². The highest BCUT2D eigenvalue weighted by Gasteiger charge is 2.20. The van der Waals surface area contributed by atoms with Crippen LogP contribution in [0.4, 0.5) is 11.4 Å². The Bertz CT molecular complexity index is 1430. The topological polar surface area (TPSA) is 75.8 Å². The molecule has 31 heavy (non-hydrogen) atoms. The molecule has 1 aliphatic heterocycles. The van der Waals surface area contributed by atoms with Crippen molar-refractivity contribution < 1.29 is 8.42 Å². The van der Waals surface area contributed by atoms with Gasteiger partial charge in [-0.3, -0.25) is 0 Å². The van der Waals surface area contributed by atoms with E-state index in [-0.39, 0.29) is 0 Å². The monoisotopic (exact) mass is 427 g/mol. The van der Waals surface area contributed by atoms with Crippen LogP contribution >= 0.6 is 0 Å². The molecule has 0 saturated carbocycles. The average Bonchev–Trinajstić information content (AvgIpc) is 3.12. The van der Waals surface area contributed by atoms with Gasteiger partial charge in [0.15, 0.2) is 0 Å². The fraction of sp³-hybridized carbons (Fsp3) is 0.0800. The molecular formula is C25H21N3O2S. The minimum Gasteiger partial charge on any atom is -0.383 e. The summed E-state index contributed by atoms with van der Waals surface area (Å²) in [4.78, 5) is 7.20. The maximum absolute atomic E-state index is 12.8. The first kappa shape index (κ1) is 19.3. The van der Waals surface area contributed by atoms with Gasteiger partial charge in [0, 0.05) is 35.6 Å². The molecule has 0 amide bonds. The van der Waals surface area contributed by atoms with Crippen molar-refractivity contribution in [2.75, 3.05) is 11.9 Å². The summed E-state index contributed by atoms with van der Waals surface area (Å²) in [6, 6.07) is 25.7. The van der Waals surface area contributed by atoms with E-state index in [1.54, 1.807) is 42.5 Å². The van der Waals surface area contributed by atoms with E-state index in [2.05, 4.69) is 22.0 Å². The quantitative estimate of drug-likeness (QED) is 0.503. The van der Waals surface area contributed by atoms with E-state index in [0.29, 0.717) is 22.2 Å². The molecule has 5 nitrogen and oxygen atoms in total. The summed E-state index contributed by atoms with van der Waals surface area (Å²) >= 11 is 0. The molecule has 0 spiro atoms. The van der Waals surface area contributed by atoms with Crippen LogP contribution < -0.4 is 10.6 Å². The van der Waals surface area contributed by atoms with Gasteiger partial charge in [-0.25, -0.2) is 13.4 Å². The lowest BCUT2D eigenvalue weighted by molar-refractivity contribution is 0.596. The first-order valence-electron chi connectivity index (χ1n) is 9.95. The van der Waals surface area contributed by atoms with Crippen LogP contribution in [0.25, 0.3) is 10.8 Å². The number of hydrogen-bond donors (Lipinski definition) is 1. The average molecular weight is 428 g/mol. The Labute approximate surface area is 181 Å². The van der Waals surface area contributed by atoms with Crippen LogP contribution in [-0.2, 0) is 16.4 Å². The van der Waals surface area contributed by atoms with Gasteiger partial charge in [0.25, 0.3) is 0 Å². The number of anilines is 1. The van der Waals surface area contributed by atoms with E-state index in [1.165, 1.54) is 0 Å². The standard InChI is InChI=1S/C25H21N3O2S/c1-28(23-15-14-22-24-20(23)8-5-9-21(24)25(26)27-22)16-17-10-12-19(13-11-17)31(29,30)18-6-3-2-4-7-18/h2-15H,16H2,1H3,(H2,26,27). The number of sulfone groups is 1. The Morgan fingerprint density at radius 1 is 0.839 bits per heavy atom. The summed E-state index contributed by atoms with van der Waals surface area (Å²) < 4.78 is 25.6. The molecule has 154 valence electrons. The Kier molecular flexibility index (Phi) is 4.52. The minimum absolute atomic E-state index is 0.295. The van der Waals surface area contributed by atoms with Crippen LogP contribution in [0.15, 0.2) is 99.7 Å². The first-order valence-corrected chi connectivity index (χ1v) is 11.4. The van der Waals surface area contributed by atoms with Crippen LogP contribution in [0.5, 0.6) is 0 Å². The summed E-state index contributed by atoms with van der Waals surface area (Å²) in [5, 5.41) is 2.18. The van der Waals surface area contributed by atoms with Crippen molar-refractivity contribution >= 4 is 37.8 Å². The van der Waals surface area contributed by atoms with Crippen LogP contribution in [0.3, 0.4) is 0 Å². The highest BCUT2D eigenvalue weighted by molar-refractivity contribution is 7.91. The van der Waals surface area contributed by atoms with E-state index in [9.17, 15) is 8.42 Å². The molecule has 0 aliphatic carbocycles. The van der Waals surface area contributed by atoms with Crippen LogP contribution in [-0.4, -0.2) is 21.3 Å². The van der Waals surface area contributed by atoms with Gasteiger partial charge >= 0.3 is 0 Å². The summed E-state index contributed by atoms with van der Waals surface area (Å²) in [6.45, 7) is 0.640. The fourth-order valence-electron chi connectivity index (χ4n) is 4.07. The maximum atomic E-state index is 12.8. The van der Waals surface area contributed by atoms with Crippen molar-refractivity contribution in [2.24, 2.45) is 10.7 Å².